The molecule has 3 heterocycles. The Balaban J connectivity index is 0.00000329. The molecule has 8 fully saturated rings. The van der Waals surface area contributed by atoms with E-state index in [0.717, 1.165) is 73.8 Å². The highest BCUT2D eigenvalue weighted by molar-refractivity contribution is 5.71. The molecule has 2 bridgehead atoms. The second-order valence-corrected chi connectivity index (χ2v) is 18.7. The molecule has 43 heavy (non-hydrogen) atoms. The van der Waals surface area contributed by atoms with Gasteiger partial charge in [-0.25, -0.2) is 4.79 Å². The van der Waals surface area contributed by atoms with Gasteiger partial charge in [0, 0.05) is 25.0 Å². The highest BCUT2D eigenvalue weighted by Crippen LogP contribution is 2.77. The molecule has 0 aromatic carbocycles. The first kappa shape index (κ1) is 32.4. The molecule has 0 amide bonds. The number of rotatable bonds is 4. The molecule has 0 radical (unpaired) electrons. The summed E-state index contributed by atoms with van der Waals surface area (Å²) < 4.78 is 7.50. The van der Waals surface area contributed by atoms with Crippen LogP contribution in [0.5, 0.6) is 0 Å². The molecule has 5 heteroatoms. The SMILES string of the molecule is C=C(C)[C@@H]1CC[C@]2(C)CC[C@]3(C)[C@H](CCC4[C@@]5(C)CC[C@H](OC(=O)C[N+]67CCN(CC6)CC7)C(C)(C)[C@@H]5CC[C@]43C)[C@@H]12.[Cl-]. The van der Waals surface area contributed by atoms with Crippen LogP contribution in [0.2, 0.25) is 0 Å². The van der Waals surface area contributed by atoms with Gasteiger partial charge in [-0.15, -0.1) is 0 Å². The molecule has 4 nitrogen and oxygen atoms in total. The van der Waals surface area contributed by atoms with E-state index in [2.05, 4.69) is 59.9 Å². The number of nitrogens with zero attached hydrogens (tertiary/aromatic N) is 2. The topological polar surface area (TPSA) is 29.5 Å². The highest BCUT2D eigenvalue weighted by atomic mass is 35.5. The molecule has 3 aliphatic heterocycles. The van der Waals surface area contributed by atoms with Crippen LogP contribution in [0.4, 0.5) is 0 Å². The van der Waals surface area contributed by atoms with Crippen molar-refractivity contribution in [3.8, 4) is 0 Å². The third-order valence-corrected chi connectivity index (χ3v) is 16.8. The van der Waals surface area contributed by atoms with Crippen molar-refractivity contribution in [1.29, 1.82) is 0 Å². The Hall–Kier alpha value is -0.580. The number of allylic oxidation sites excluding steroid dienone is 1. The van der Waals surface area contributed by atoms with Gasteiger partial charge in [-0.3, -0.25) is 4.90 Å². The van der Waals surface area contributed by atoms with Gasteiger partial charge in [0.1, 0.15) is 6.10 Å². The zero-order valence-corrected chi connectivity index (χ0v) is 29.5. The second kappa shape index (κ2) is 10.5. The fraction of sp³-hybridized carbons (Fsp3) is 0.921. The van der Waals surface area contributed by atoms with Crippen LogP contribution in [0, 0.1) is 56.7 Å². The van der Waals surface area contributed by atoms with E-state index in [1.54, 1.807) is 0 Å². The van der Waals surface area contributed by atoms with Crippen molar-refractivity contribution in [3.63, 3.8) is 0 Å². The summed E-state index contributed by atoms with van der Waals surface area (Å²) in [6.45, 7) is 30.0. The normalized spacial score (nSPS) is 53.0. The van der Waals surface area contributed by atoms with Gasteiger partial charge in [-0.05, 0) is 122 Å². The van der Waals surface area contributed by atoms with Gasteiger partial charge in [0.05, 0.1) is 19.6 Å². The van der Waals surface area contributed by atoms with Gasteiger partial charge in [0.25, 0.3) is 0 Å². The van der Waals surface area contributed by atoms with Crippen molar-refractivity contribution < 1.29 is 26.4 Å². The van der Waals surface area contributed by atoms with Gasteiger partial charge in [0.2, 0.25) is 0 Å². The van der Waals surface area contributed by atoms with Gasteiger partial charge >= 0.3 is 5.97 Å². The van der Waals surface area contributed by atoms with Crippen molar-refractivity contribution in [2.45, 2.75) is 119 Å². The van der Waals surface area contributed by atoms with Gasteiger partial charge in [-0.1, -0.05) is 53.7 Å². The third-order valence-electron chi connectivity index (χ3n) is 16.8. The minimum atomic E-state index is 0. The number of fused-ring (bicyclic) bond motifs is 10. The van der Waals surface area contributed by atoms with Crippen molar-refractivity contribution in [1.82, 2.24) is 4.90 Å². The maximum absolute atomic E-state index is 13.5. The summed E-state index contributed by atoms with van der Waals surface area (Å²) in [5, 5.41) is 0. The average Bonchev–Trinajstić information content (AvgIpc) is 3.29. The van der Waals surface area contributed by atoms with Crippen LogP contribution in [-0.2, 0) is 9.53 Å². The standard InChI is InChI=1S/C38H63N2O2.ClH/c1-26(2)27-11-14-35(5)17-18-37(7)28(33(27)35)9-10-30-36(6)15-13-31(34(3,4)29(36)12-16-38(30,37)8)42-32(41)25-40-22-19-39(20-23-40)21-24-40;/h27-31,33H,1,9-25H2,2-8H3;1H/q+1;/p-1/t27-,28+,29-,30?,31-,33+,35+,36-,37+,38+;/m0./s1. The molecule has 0 aromatic rings. The number of quaternary nitrogens is 1. The lowest BCUT2D eigenvalue weighted by molar-refractivity contribution is -0.934. The Morgan fingerprint density at radius 2 is 1.49 bits per heavy atom. The summed E-state index contributed by atoms with van der Waals surface area (Å²) in [4.78, 5) is 16.1. The summed E-state index contributed by atoms with van der Waals surface area (Å²) in [6, 6.07) is 0. The van der Waals surface area contributed by atoms with E-state index in [4.69, 9.17) is 4.74 Å². The first-order valence-corrected chi connectivity index (χ1v) is 18.1. The van der Waals surface area contributed by atoms with Crippen molar-refractivity contribution in [2.75, 3.05) is 45.8 Å². The van der Waals surface area contributed by atoms with E-state index in [1.807, 2.05) is 0 Å². The first-order valence-electron chi connectivity index (χ1n) is 18.1. The van der Waals surface area contributed by atoms with E-state index in [1.165, 1.54) is 63.4 Å². The molecule has 1 unspecified atom stereocenters. The second-order valence-electron chi connectivity index (χ2n) is 18.7. The van der Waals surface area contributed by atoms with Gasteiger partial charge in [0.15, 0.2) is 6.54 Å². The molecule has 0 spiro atoms. The van der Waals surface area contributed by atoms with Gasteiger partial charge < -0.3 is 21.6 Å². The van der Waals surface area contributed by atoms with E-state index in [-0.39, 0.29) is 29.9 Å². The summed E-state index contributed by atoms with van der Waals surface area (Å²) >= 11 is 0. The van der Waals surface area contributed by atoms with Crippen LogP contribution < -0.4 is 12.4 Å². The molecule has 5 aliphatic carbocycles. The van der Waals surface area contributed by atoms with Crippen LogP contribution in [-0.4, -0.2) is 67.3 Å². The third kappa shape index (κ3) is 4.51. The molecular weight excluding hydrogens is 552 g/mol. The summed E-state index contributed by atoms with van der Waals surface area (Å²) in [5.74, 6) is 3.89. The number of hydrogen-bond acceptors (Lipinski definition) is 3. The fourth-order valence-corrected chi connectivity index (χ4v) is 14.1. The molecule has 5 saturated carbocycles. The van der Waals surface area contributed by atoms with Crippen LogP contribution in [0.1, 0.15) is 113 Å². The van der Waals surface area contributed by atoms with E-state index in [9.17, 15) is 4.79 Å². The number of ether oxygens (including phenoxy) is 1. The van der Waals surface area contributed by atoms with Crippen molar-refractivity contribution in [3.05, 3.63) is 12.2 Å². The highest BCUT2D eigenvalue weighted by Gasteiger charge is 2.70. The minimum Gasteiger partial charge on any atom is -1.00 e. The number of carbonyl (C=O) groups is 1. The number of hydrogen-bond donors (Lipinski definition) is 0. The predicted molar refractivity (Wildman–Crippen MR) is 171 cm³/mol. The Morgan fingerprint density at radius 3 is 2.14 bits per heavy atom. The zero-order valence-electron chi connectivity index (χ0n) is 28.8. The summed E-state index contributed by atoms with van der Waals surface area (Å²) in [6.07, 6.45) is 13.4. The van der Waals surface area contributed by atoms with Gasteiger partial charge in [-0.2, -0.15) is 0 Å². The van der Waals surface area contributed by atoms with Crippen LogP contribution in [0.25, 0.3) is 0 Å². The van der Waals surface area contributed by atoms with E-state index in [0.29, 0.717) is 34.1 Å². The maximum Gasteiger partial charge on any atom is 0.362 e. The molecule has 244 valence electrons. The van der Waals surface area contributed by atoms with Crippen LogP contribution in [0.15, 0.2) is 12.2 Å². The Morgan fingerprint density at radius 1 is 0.814 bits per heavy atom. The lowest BCUT2D eigenvalue weighted by Gasteiger charge is -2.73. The number of carbonyl (C=O) groups excluding carboxylic acids is 1. The molecular formula is C38H63ClN2O2. The van der Waals surface area contributed by atoms with E-state index >= 15 is 0 Å². The molecule has 0 N–H and O–H groups in total. The molecule has 8 rings (SSSR count). The largest absolute Gasteiger partial charge is 1.00 e. The minimum absolute atomic E-state index is 0. The Kier molecular flexibility index (Phi) is 7.88. The Bertz CT molecular complexity index is 1120. The van der Waals surface area contributed by atoms with Crippen molar-refractivity contribution >= 4 is 5.97 Å². The molecule has 0 aromatic heterocycles. The van der Waals surface area contributed by atoms with Crippen molar-refractivity contribution in [2.24, 2.45) is 56.7 Å². The quantitative estimate of drug-likeness (QED) is 0.261. The Labute approximate surface area is 270 Å². The smallest absolute Gasteiger partial charge is 0.362 e. The first-order chi connectivity index (χ1) is 19.7. The number of esters is 1. The number of piperazine rings is 3. The monoisotopic (exact) mass is 614 g/mol. The van der Waals surface area contributed by atoms with Crippen LogP contribution in [0.3, 0.4) is 0 Å². The maximum atomic E-state index is 13.5. The average molecular weight is 615 g/mol. The molecule has 10 atom stereocenters. The molecule has 8 aliphatic rings. The zero-order chi connectivity index (χ0) is 29.9. The lowest BCUT2D eigenvalue weighted by atomic mass is 9.32. The molecule has 3 saturated heterocycles. The fourth-order valence-electron chi connectivity index (χ4n) is 14.1. The summed E-state index contributed by atoms with van der Waals surface area (Å²) in [7, 11) is 0. The summed E-state index contributed by atoms with van der Waals surface area (Å²) in [5.41, 5.74) is 3.17. The van der Waals surface area contributed by atoms with Crippen LogP contribution >= 0.6 is 0 Å². The predicted octanol–water partition coefficient (Wildman–Crippen LogP) is 4.73. The lowest BCUT2D eigenvalue weighted by Crippen LogP contribution is -3.00. The number of halogens is 1. The van der Waals surface area contributed by atoms with E-state index < -0.39 is 0 Å².